The molecule has 1 aromatic heterocycles. The SMILES string of the molecule is COc1cc2c(Nc3c(Br)cc(C#CC(C)OC)c4c3OCO4)ncnc2cc1OCCCN1CCOCC1. The highest BCUT2D eigenvalue weighted by Gasteiger charge is 2.25. The van der Waals surface area contributed by atoms with Gasteiger partial charge in [0.15, 0.2) is 23.0 Å². The number of rotatable bonds is 9. The minimum Gasteiger partial charge on any atom is -0.493 e. The zero-order valence-corrected chi connectivity index (χ0v) is 23.8. The summed E-state index contributed by atoms with van der Waals surface area (Å²) < 4.78 is 34.7. The van der Waals surface area contributed by atoms with Crippen LogP contribution in [0.25, 0.3) is 10.9 Å². The van der Waals surface area contributed by atoms with Gasteiger partial charge in [-0.05, 0) is 41.4 Å². The Bertz CT molecular complexity index is 1390. The minimum atomic E-state index is -0.208. The van der Waals surface area contributed by atoms with Crippen LogP contribution in [-0.4, -0.2) is 81.4 Å². The molecule has 0 aliphatic carbocycles. The van der Waals surface area contributed by atoms with Crippen molar-refractivity contribution >= 4 is 38.3 Å². The van der Waals surface area contributed by atoms with Crippen LogP contribution in [0, 0.1) is 11.8 Å². The molecular weight excluding hydrogens is 568 g/mol. The first kappa shape index (κ1) is 27.3. The Hall–Kier alpha value is -3.30. The van der Waals surface area contributed by atoms with Crippen molar-refractivity contribution in [1.82, 2.24) is 14.9 Å². The average molecular weight is 599 g/mol. The molecule has 0 spiro atoms. The van der Waals surface area contributed by atoms with Crippen molar-refractivity contribution < 1.29 is 28.4 Å². The Labute approximate surface area is 236 Å². The molecule has 1 fully saturated rings. The number of nitrogens with zero attached hydrogens (tertiary/aromatic N) is 3. The summed E-state index contributed by atoms with van der Waals surface area (Å²) in [6.45, 7) is 7.03. The second kappa shape index (κ2) is 12.7. The number of anilines is 2. The van der Waals surface area contributed by atoms with E-state index in [0.717, 1.165) is 54.6 Å². The molecule has 0 amide bonds. The highest BCUT2D eigenvalue weighted by Crippen LogP contribution is 2.47. The van der Waals surface area contributed by atoms with Gasteiger partial charge < -0.3 is 33.7 Å². The summed E-state index contributed by atoms with van der Waals surface area (Å²) in [6, 6.07) is 5.65. The lowest BCUT2D eigenvalue weighted by Gasteiger charge is -2.26. The van der Waals surface area contributed by atoms with E-state index in [0.29, 0.717) is 46.7 Å². The van der Waals surface area contributed by atoms with E-state index < -0.39 is 0 Å². The molecule has 1 atom stereocenters. The minimum absolute atomic E-state index is 0.0968. The number of fused-ring (bicyclic) bond motifs is 2. The number of hydrogen-bond acceptors (Lipinski definition) is 10. The number of ether oxygens (including phenoxy) is 6. The van der Waals surface area contributed by atoms with Crippen LogP contribution in [0.1, 0.15) is 18.9 Å². The molecule has 2 aliphatic rings. The van der Waals surface area contributed by atoms with Crippen LogP contribution < -0.4 is 24.3 Å². The molecule has 3 heterocycles. The molecule has 2 aromatic carbocycles. The van der Waals surface area contributed by atoms with E-state index in [-0.39, 0.29) is 12.9 Å². The van der Waals surface area contributed by atoms with E-state index in [2.05, 4.69) is 48.0 Å². The maximum absolute atomic E-state index is 6.10. The Morgan fingerprint density at radius 2 is 1.92 bits per heavy atom. The van der Waals surface area contributed by atoms with E-state index in [1.165, 1.54) is 6.33 Å². The monoisotopic (exact) mass is 598 g/mol. The van der Waals surface area contributed by atoms with Gasteiger partial charge in [-0.2, -0.15) is 0 Å². The summed E-state index contributed by atoms with van der Waals surface area (Å²) in [5.74, 6) is 9.12. The molecular formula is C28H31BrN4O6. The molecule has 3 aromatic rings. The van der Waals surface area contributed by atoms with E-state index in [1.54, 1.807) is 14.2 Å². The molecule has 10 nitrogen and oxygen atoms in total. The van der Waals surface area contributed by atoms with Gasteiger partial charge in [0.25, 0.3) is 0 Å². The van der Waals surface area contributed by atoms with Crippen molar-refractivity contribution in [2.45, 2.75) is 19.4 Å². The molecule has 206 valence electrons. The van der Waals surface area contributed by atoms with Gasteiger partial charge >= 0.3 is 0 Å². The molecule has 1 unspecified atom stereocenters. The third-order valence-corrected chi connectivity index (χ3v) is 7.13. The number of aromatic nitrogens is 2. The maximum Gasteiger partial charge on any atom is 0.231 e. The Morgan fingerprint density at radius 1 is 1.10 bits per heavy atom. The lowest BCUT2D eigenvalue weighted by Crippen LogP contribution is -2.37. The van der Waals surface area contributed by atoms with Crippen LogP contribution in [0.4, 0.5) is 11.5 Å². The molecule has 1 N–H and O–H groups in total. The van der Waals surface area contributed by atoms with Crippen LogP contribution in [0.3, 0.4) is 0 Å². The van der Waals surface area contributed by atoms with Crippen molar-refractivity contribution in [2.75, 3.05) is 65.8 Å². The van der Waals surface area contributed by atoms with Crippen molar-refractivity contribution in [3.05, 3.63) is 34.6 Å². The highest BCUT2D eigenvalue weighted by atomic mass is 79.9. The van der Waals surface area contributed by atoms with Gasteiger partial charge in [0.1, 0.15) is 23.9 Å². The van der Waals surface area contributed by atoms with E-state index in [1.807, 2.05) is 25.1 Å². The van der Waals surface area contributed by atoms with Crippen LogP contribution in [0.2, 0.25) is 0 Å². The fourth-order valence-corrected chi connectivity index (χ4v) is 4.84. The summed E-state index contributed by atoms with van der Waals surface area (Å²) in [7, 11) is 3.24. The third kappa shape index (κ3) is 6.31. The maximum atomic E-state index is 6.10. The highest BCUT2D eigenvalue weighted by molar-refractivity contribution is 9.10. The van der Waals surface area contributed by atoms with Crippen LogP contribution in [-0.2, 0) is 9.47 Å². The Balaban J connectivity index is 1.37. The summed E-state index contributed by atoms with van der Waals surface area (Å²) in [4.78, 5) is 11.4. The predicted octanol–water partition coefficient (Wildman–Crippen LogP) is 4.36. The molecule has 0 saturated carbocycles. The summed E-state index contributed by atoms with van der Waals surface area (Å²) in [6.07, 6.45) is 2.21. The molecule has 1 saturated heterocycles. The summed E-state index contributed by atoms with van der Waals surface area (Å²) in [5, 5.41) is 4.16. The number of hydrogen-bond donors (Lipinski definition) is 1. The van der Waals surface area contributed by atoms with Crippen molar-refractivity contribution in [2.24, 2.45) is 0 Å². The van der Waals surface area contributed by atoms with Gasteiger partial charge in [-0.1, -0.05) is 11.8 Å². The fourth-order valence-electron chi connectivity index (χ4n) is 4.33. The third-order valence-electron chi connectivity index (χ3n) is 6.50. The number of halogens is 1. The van der Waals surface area contributed by atoms with Gasteiger partial charge in [0.05, 0.1) is 38.0 Å². The first-order valence-corrected chi connectivity index (χ1v) is 13.6. The zero-order valence-electron chi connectivity index (χ0n) is 22.2. The lowest BCUT2D eigenvalue weighted by atomic mass is 10.1. The fraction of sp³-hybridized carbons (Fsp3) is 0.429. The van der Waals surface area contributed by atoms with Crippen LogP contribution in [0.5, 0.6) is 23.0 Å². The van der Waals surface area contributed by atoms with Gasteiger partial charge in [-0.25, -0.2) is 9.97 Å². The normalized spacial score (nSPS) is 15.5. The predicted molar refractivity (Wildman–Crippen MR) is 150 cm³/mol. The number of benzene rings is 2. The van der Waals surface area contributed by atoms with Crippen molar-refractivity contribution in [3.63, 3.8) is 0 Å². The summed E-state index contributed by atoms with van der Waals surface area (Å²) >= 11 is 3.65. The molecule has 0 bridgehead atoms. The Kier molecular flexibility index (Phi) is 8.88. The van der Waals surface area contributed by atoms with Crippen LogP contribution in [0.15, 0.2) is 29.0 Å². The lowest BCUT2D eigenvalue weighted by molar-refractivity contribution is 0.0357. The van der Waals surface area contributed by atoms with Gasteiger partial charge in [-0.3, -0.25) is 4.90 Å². The molecule has 0 radical (unpaired) electrons. The average Bonchev–Trinajstić information content (AvgIpc) is 3.46. The quantitative estimate of drug-likeness (QED) is 0.282. The first-order chi connectivity index (χ1) is 19.1. The summed E-state index contributed by atoms with van der Waals surface area (Å²) in [5.41, 5.74) is 2.10. The van der Waals surface area contributed by atoms with E-state index >= 15 is 0 Å². The molecule has 5 rings (SSSR count). The molecule has 11 heteroatoms. The van der Waals surface area contributed by atoms with E-state index in [4.69, 9.17) is 28.4 Å². The van der Waals surface area contributed by atoms with Gasteiger partial charge in [0.2, 0.25) is 6.79 Å². The number of methoxy groups -OCH3 is 2. The Morgan fingerprint density at radius 3 is 2.72 bits per heavy atom. The van der Waals surface area contributed by atoms with Gasteiger partial charge in [0, 0.05) is 42.7 Å². The van der Waals surface area contributed by atoms with Crippen molar-refractivity contribution in [1.29, 1.82) is 0 Å². The standard InChI is InChI=1S/C28H31BrN4O6/c1-18(34-2)5-6-19-13-21(29)25(27-26(19)38-17-39-27)32-28-20-14-23(35-3)24(15-22(20)30-16-31-28)37-10-4-7-33-8-11-36-12-9-33/h13-16,18H,4,7-12,17H2,1-3H3,(H,30,31,32). The second-order valence-electron chi connectivity index (χ2n) is 9.02. The first-order valence-electron chi connectivity index (χ1n) is 12.8. The van der Waals surface area contributed by atoms with Crippen molar-refractivity contribution in [3.8, 4) is 34.8 Å². The largest absolute Gasteiger partial charge is 0.493 e. The van der Waals surface area contributed by atoms with E-state index in [9.17, 15) is 0 Å². The second-order valence-corrected chi connectivity index (χ2v) is 9.87. The van der Waals surface area contributed by atoms with Crippen LogP contribution >= 0.6 is 15.9 Å². The zero-order chi connectivity index (χ0) is 27.2. The number of morpholine rings is 1. The number of nitrogens with one attached hydrogen (secondary N) is 1. The molecule has 2 aliphatic heterocycles. The smallest absolute Gasteiger partial charge is 0.231 e. The van der Waals surface area contributed by atoms with Gasteiger partial charge in [-0.15, -0.1) is 0 Å². The topological polar surface area (TPSA) is 96.4 Å². The molecule has 39 heavy (non-hydrogen) atoms.